The van der Waals surface area contributed by atoms with Crippen LogP contribution in [0, 0.1) is 23.7 Å². The van der Waals surface area contributed by atoms with Crippen LogP contribution in [-0.4, -0.2) is 33.7 Å². The molecule has 0 radical (unpaired) electrons. The first-order chi connectivity index (χ1) is 10.8. The van der Waals surface area contributed by atoms with Gasteiger partial charge in [0.2, 0.25) is 0 Å². The molecule has 1 heterocycles. The van der Waals surface area contributed by atoms with Crippen LogP contribution in [0.3, 0.4) is 0 Å². The fraction of sp³-hybridized carbons (Fsp3) is 0.375. The molecule has 2 N–H and O–H groups in total. The van der Waals surface area contributed by atoms with Crippen molar-refractivity contribution in [3.05, 3.63) is 23.3 Å². The molecular formula is C16H14O7. The summed E-state index contributed by atoms with van der Waals surface area (Å²) < 4.78 is 4.56. The molecule has 2 aliphatic rings. The minimum atomic E-state index is -1.11. The number of cyclic esters (lactones) is 2. The Balaban J connectivity index is 2.17. The lowest BCUT2D eigenvalue weighted by atomic mass is 9.66. The number of benzene rings is 1. The van der Waals surface area contributed by atoms with E-state index in [4.69, 9.17) is 0 Å². The minimum Gasteiger partial charge on any atom is -0.507 e. The van der Waals surface area contributed by atoms with Gasteiger partial charge in [0, 0.05) is 11.8 Å². The lowest BCUT2D eigenvalue weighted by Gasteiger charge is -2.32. The predicted octanol–water partition coefficient (Wildman–Crippen LogP) is 1.06. The van der Waals surface area contributed by atoms with Crippen LogP contribution < -0.4 is 0 Å². The summed E-state index contributed by atoms with van der Waals surface area (Å²) >= 11 is 0. The molecule has 3 rings (SSSR count). The Hall–Kier alpha value is -2.70. The van der Waals surface area contributed by atoms with Crippen molar-refractivity contribution < 1.29 is 34.1 Å². The number of carbonyl (C=O) groups excluding carboxylic acids is 4. The monoisotopic (exact) mass is 318 g/mol. The number of ketones is 2. The van der Waals surface area contributed by atoms with Crippen LogP contribution >= 0.6 is 0 Å². The summed E-state index contributed by atoms with van der Waals surface area (Å²) in [7, 11) is 0. The molecular weight excluding hydrogens is 304 g/mol. The summed E-state index contributed by atoms with van der Waals surface area (Å²) in [6, 6.07) is 2.23. The van der Waals surface area contributed by atoms with Crippen molar-refractivity contribution in [3.8, 4) is 11.5 Å². The molecule has 1 aliphatic heterocycles. The summed E-state index contributed by atoms with van der Waals surface area (Å²) in [6.07, 6.45) is 0. The van der Waals surface area contributed by atoms with Gasteiger partial charge in [0.05, 0.1) is 23.0 Å². The van der Waals surface area contributed by atoms with Crippen molar-refractivity contribution in [2.75, 3.05) is 0 Å². The first-order valence-corrected chi connectivity index (χ1v) is 7.14. The van der Waals surface area contributed by atoms with Gasteiger partial charge in [-0.2, -0.15) is 0 Å². The average Bonchev–Trinajstić information content (AvgIpc) is 2.74. The van der Waals surface area contributed by atoms with E-state index in [0.29, 0.717) is 0 Å². The number of phenols is 2. The smallest absolute Gasteiger partial charge is 0.318 e. The van der Waals surface area contributed by atoms with Gasteiger partial charge in [0.25, 0.3) is 0 Å². The van der Waals surface area contributed by atoms with Crippen LogP contribution in [0.4, 0.5) is 0 Å². The summed E-state index contributed by atoms with van der Waals surface area (Å²) in [5.74, 6) is -7.61. The summed E-state index contributed by atoms with van der Waals surface area (Å²) in [6.45, 7) is 2.92. The third kappa shape index (κ3) is 1.96. The number of Topliss-reactive ketones (excluding diaryl/α,β-unsaturated/α-hetero) is 2. The highest BCUT2D eigenvalue weighted by Crippen LogP contribution is 2.45. The number of hydrogen-bond acceptors (Lipinski definition) is 7. The van der Waals surface area contributed by atoms with Crippen LogP contribution in [0.1, 0.15) is 34.6 Å². The number of phenolic OH excluding ortho intramolecular Hbond substituents is 2. The van der Waals surface area contributed by atoms with Gasteiger partial charge >= 0.3 is 11.9 Å². The number of hydrogen-bond donors (Lipinski definition) is 2. The molecule has 0 aromatic heterocycles. The average molecular weight is 318 g/mol. The van der Waals surface area contributed by atoms with Gasteiger partial charge in [-0.25, -0.2) is 0 Å². The molecule has 1 saturated heterocycles. The number of ether oxygens (including phenoxy) is 1. The van der Waals surface area contributed by atoms with Gasteiger partial charge in [0.15, 0.2) is 11.6 Å². The standard InChI is InChI=1S/C16H14O7/c1-5-9(10-6(2)15(21)23-16(10)22)14(20)12-8(18)4-3-7(17)11(12)13(5)19/h3-6,9-10,17-18H,1-2H3. The Bertz CT molecular complexity index is 764. The lowest BCUT2D eigenvalue weighted by molar-refractivity contribution is -0.154. The van der Waals surface area contributed by atoms with Crippen molar-refractivity contribution >= 4 is 23.5 Å². The molecule has 120 valence electrons. The Morgan fingerprint density at radius 1 is 0.783 bits per heavy atom. The molecule has 1 aliphatic carbocycles. The molecule has 0 spiro atoms. The van der Waals surface area contributed by atoms with E-state index in [-0.39, 0.29) is 11.1 Å². The first-order valence-electron chi connectivity index (χ1n) is 7.14. The second-order valence-electron chi connectivity index (χ2n) is 5.95. The topological polar surface area (TPSA) is 118 Å². The minimum absolute atomic E-state index is 0.246. The summed E-state index contributed by atoms with van der Waals surface area (Å²) in [5.41, 5.74) is -0.554. The van der Waals surface area contributed by atoms with Crippen LogP contribution in [0.2, 0.25) is 0 Å². The Kier molecular flexibility index (Phi) is 3.24. The maximum Gasteiger partial charge on any atom is 0.318 e. The Morgan fingerprint density at radius 3 is 1.78 bits per heavy atom. The maximum atomic E-state index is 12.8. The van der Waals surface area contributed by atoms with E-state index < -0.39 is 58.7 Å². The summed E-state index contributed by atoms with van der Waals surface area (Å²) in [4.78, 5) is 48.8. The number of fused-ring (bicyclic) bond motifs is 1. The molecule has 4 atom stereocenters. The molecule has 0 amide bonds. The normalized spacial score (nSPS) is 30.3. The molecule has 23 heavy (non-hydrogen) atoms. The van der Waals surface area contributed by atoms with Crippen molar-refractivity contribution in [2.45, 2.75) is 13.8 Å². The number of rotatable bonds is 1. The number of carbonyl (C=O) groups is 4. The van der Waals surface area contributed by atoms with Gasteiger partial charge in [0.1, 0.15) is 11.5 Å². The molecule has 1 aromatic rings. The molecule has 0 bridgehead atoms. The fourth-order valence-electron chi connectivity index (χ4n) is 3.41. The van der Waals surface area contributed by atoms with E-state index >= 15 is 0 Å². The van der Waals surface area contributed by atoms with E-state index in [9.17, 15) is 29.4 Å². The Labute approximate surface area is 130 Å². The fourth-order valence-corrected chi connectivity index (χ4v) is 3.41. The summed E-state index contributed by atoms with van der Waals surface area (Å²) in [5, 5.41) is 19.8. The second-order valence-corrected chi connectivity index (χ2v) is 5.95. The van der Waals surface area contributed by atoms with Crippen molar-refractivity contribution in [1.29, 1.82) is 0 Å². The number of aromatic hydroxyl groups is 2. The van der Waals surface area contributed by atoms with Gasteiger partial charge in [-0.05, 0) is 12.1 Å². The number of esters is 2. The van der Waals surface area contributed by atoms with Crippen molar-refractivity contribution in [1.82, 2.24) is 0 Å². The zero-order valence-corrected chi connectivity index (χ0v) is 12.4. The van der Waals surface area contributed by atoms with Crippen LogP contribution in [-0.2, 0) is 14.3 Å². The SMILES string of the molecule is CC1C(=O)OC(=O)C1C1C(=O)c2c(O)ccc(O)c2C(=O)C1C. The largest absolute Gasteiger partial charge is 0.507 e. The molecule has 7 heteroatoms. The molecule has 1 aromatic carbocycles. The van der Waals surface area contributed by atoms with Crippen molar-refractivity contribution in [3.63, 3.8) is 0 Å². The van der Waals surface area contributed by atoms with E-state index in [1.54, 1.807) is 0 Å². The zero-order valence-electron chi connectivity index (χ0n) is 12.4. The lowest BCUT2D eigenvalue weighted by Crippen LogP contribution is -2.42. The maximum absolute atomic E-state index is 12.8. The predicted molar refractivity (Wildman–Crippen MR) is 74.8 cm³/mol. The van der Waals surface area contributed by atoms with Gasteiger partial charge in [-0.1, -0.05) is 13.8 Å². The van der Waals surface area contributed by atoms with E-state index in [0.717, 1.165) is 12.1 Å². The highest BCUT2D eigenvalue weighted by Gasteiger charge is 2.54. The second kappa shape index (κ2) is 4.91. The van der Waals surface area contributed by atoms with E-state index in [1.807, 2.05) is 0 Å². The van der Waals surface area contributed by atoms with Crippen LogP contribution in [0.5, 0.6) is 11.5 Å². The molecule has 1 fully saturated rings. The quantitative estimate of drug-likeness (QED) is 0.451. The van der Waals surface area contributed by atoms with Gasteiger partial charge in [-0.3, -0.25) is 19.2 Å². The van der Waals surface area contributed by atoms with E-state index in [2.05, 4.69) is 4.74 Å². The van der Waals surface area contributed by atoms with Crippen LogP contribution in [0.25, 0.3) is 0 Å². The third-order valence-electron chi connectivity index (χ3n) is 4.68. The Morgan fingerprint density at radius 2 is 1.30 bits per heavy atom. The van der Waals surface area contributed by atoms with E-state index in [1.165, 1.54) is 13.8 Å². The van der Waals surface area contributed by atoms with Gasteiger partial charge < -0.3 is 14.9 Å². The molecule has 0 saturated carbocycles. The van der Waals surface area contributed by atoms with Gasteiger partial charge in [-0.15, -0.1) is 0 Å². The first kappa shape index (κ1) is 15.2. The third-order valence-corrected chi connectivity index (χ3v) is 4.68. The molecule has 7 nitrogen and oxygen atoms in total. The highest BCUT2D eigenvalue weighted by molar-refractivity contribution is 6.19. The zero-order chi connectivity index (χ0) is 17.0. The highest BCUT2D eigenvalue weighted by atomic mass is 16.6. The van der Waals surface area contributed by atoms with Crippen LogP contribution in [0.15, 0.2) is 12.1 Å². The van der Waals surface area contributed by atoms with Crippen molar-refractivity contribution in [2.24, 2.45) is 23.7 Å². The molecule has 4 unspecified atom stereocenters.